The van der Waals surface area contributed by atoms with Crippen molar-refractivity contribution in [2.75, 3.05) is 0 Å². The normalized spacial score (nSPS) is 28.4. The summed E-state index contributed by atoms with van der Waals surface area (Å²) < 4.78 is 0. The van der Waals surface area contributed by atoms with Gasteiger partial charge in [0.2, 0.25) is 5.91 Å². The summed E-state index contributed by atoms with van der Waals surface area (Å²) in [5, 5.41) is 3.38. The van der Waals surface area contributed by atoms with E-state index in [9.17, 15) is 4.79 Å². The highest BCUT2D eigenvalue weighted by Crippen LogP contribution is 2.39. The van der Waals surface area contributed by atoms with Crippen molar-refractivity contribution >= 4 is 5.91 Å². The standard InChI is InChI=1S/C17H24N2O/c18-15-9-8-13(12-15)16(20)19-17(10-4-5-11-17)14-6-2-1-3-7-14/h1-3,6-7,13,15H,4-5,8-12,18H2,(H,19,20). The summed E-state index contributed by atoms with van der Waals surface area (Å²) in [5.41, 5.74) is 7.06. The second-order valence-electron chi connectivity index (χ2n) is 6.41. The Labute approximate surface area is 120 Å². The van der Waals surface area contributed by atoms with Crippen LogP contribution in [0.4, 0.5) is 0 Å². The van der Waals surface area contributed by atoms with Crippen LogP contribution in [0.5, 0.6) is 0 Å². The molecule has 0 aromatic heterocycles. The molecule has 1 amide bonds. The molecule has 2 aliphatic carbocycles. The van der Waals surface area contributed by atoms with Crippen molar-refractivity contribution in [3.05, 3.63) is 35.9 Å². The smallest absolute Gasteiger partial charge is 0.223 e. The van der Waals surface area contributed by atoms with Crippen molar-refractivity contribution in [2.24, 2.45) is 11.7 Å². The molecule has 0 aliphatic heterocycles. The highest BCUT2D eigenvalue weighted by atomic mass is 16.2. The minimum atomic E-state index is -0.134. The first kappa shape index (κ1) is 13.6. The van der Waals surface area contributed by atoms with Crippen LogP contribution in [0, 0.1) is 5.92 Å². The maximum absolute atomic E-state index is 12.6. The van der Waals surface area contributed by atoms with Crippen molar-refractivity contribution in [1.82, 2.24) is 5.32 Å². The van der Waals surface area contributed by atoms with Crippen LogP contribution in [0.1, 0.15) is 50.5 Å². The van der Waals surface area contributed by atoms with E-state index in [1.54, 1.807) is 0 Å². The second kappa shape index (κ2) is 5.57. The predicted molar refractivity (Wildman–Crippen MR) is 80.0 cm³/mol. The van der Waals surface area contributed by atoms with Crippen molar-refractivity contribution in [1.29, 1.82) is 0 Å². The average molecular weight is 272 g/mol. The molecule has 0 radical (unpaired) electrons. The third kappa shape index (κ3) is 2.59. The Bertz CT molecular complexity index is 465. The van der Waals surface area contributed by atoms with E-state index in [4.69, 9.17) is 5.73 Å². The third-order valence-electron chi connectivity index (χ3n) is 4.99. The molecule has 3 heteroatoms. The number of rotatable bonds is 3. The summed E-state index contributed by atoms with van der Waals surface area (Å²) in [7, 11) is 0. The van der Waals surface area contributed by atoms with E-state index in [2.05, 4.69) is 29.6 Å². The zero-order valence-electron chi connectivity index (χ0n) is 12.0. The first-order valence-corrected chi connectivity index (χ1v) is 7.83. The van der Waals surface area contributed by atoms with Crippen molar-refractivity contribution in [2.45, 2.75) is 56.5 Å². The van der Waals surface area contributed by atoms with Gasteiger partial charge in [0.1, 0.15) is 0 Å². The highest BCUT2D eigenvalue weighted by molar-refractivity contribution is 5.80. The van der Waals surface area contributed by atoms with E-state index in [1.165, 1.54) is 18.4 Å². The topological polar surface area (TPSA) is 55.1 Å². The molecule has 0 bridgehead atoms. The Balaban J connectivity index is 1.76. The Hall–Kier alpha value is -1.35. The number of carbonyl (C=O) groups is 1. The highest BCUT2D eigenvalue weighted by Gasteiger charge is 2.39. The van der Waals surface area contributed by atoms with Crippen molar-refractivity contribution < 1.29 is 4.79 Å². The van der Waals surface area contributed by atoms with Gasteiger partial charge in [0, 0.05) is 12.0 Å². The molecule has 108 valence electrons. The second-order valence-corrected chi connectivity index (χ2v) is 6.41. The van der Waals surface area contributed by atoms with Gasteiger partial charge in [-0.05, 0) is 37.7 Å². The molecule has 3 N–H and O–H groups in total. The van der Waals surface area contributed by atoms with Crippen LogP contribution in [0.3, 0.4) is 0 Å². The summed E-state index contributed by atoms with van der Waals surface area (Å²) in [5.74, 6) is 0.329. The lowest BCUT2D eigenvalue weighted by atomic mass is 9.87. The van der Waals surface area contributed by atoms with Gasteiger partial charge in [-0.1, -0.05) is 43.2 Å². The van der Waals surface area contributed by atoms with E-state index in [1.807, 2.05) is 6.07 Å². The number of amides is 1. The molecule has 0 saturated heterocycles. The van der Waals surface area contributed by atoms with E-state index < -0.39 is 0 Å². The van der Waals surface area contributed by atoms with Gasteiger partial charge >= 0.3 is 0 Å². The fourth-order valence-corrected chi connectivity index (χ4v) is 3.81. The van der Waals surface area contributed by atoms with E-state index in [0.717, 1.165) is 32.1 Å². The Kier molecular flexibility index (Phi) is 3.79. The van der Waals surface area contributed by atoms with Crippen molar-refractivity contribution in [3.63, 3.8) is 0 Å². The lowest BCUT2D eigenvalue weighted by Gasteiger charge is -2.32. The zero-order valence-corrected chi connectivity index (χ0v) is 12.0. The molecule has 20 heavy (non-hydrogen) atoms. The van der Waals surface area contributed by atoms with Gasteiger partial charge < -0.3 is 11.1 Å². The monoisotopic (exact) mass is 272 g/mol. The summed E-state index contributed by atoms with van der Waals surface area (Å²) in [4.78, 5) is 12.6. The zero-order chi connectivity index (χ0) is 14.0. The van der Waals surface area contributed by atoms with Gasteiger partial charge in [-0.2, -0.15) is 0 Å². The molecular weight excluding hydrogens is 248 g/mol. The van der Waals surface area contributed by atoms with Gasteiger partial charge in [0.15, 0.2) is 0 Å². The summed E-state index contributed by atoms with van der Waals surface area (Å²) in [6.45, 7) is 0. The largest absolute Gasteiger partial charge is 0.346 e. The maximum atomic E-state index is 12.6. The van der Waals surface area contributed by atoms with Crippen LogP contribution >= 0.6 is 0 Å². The van der Waals surface area contributed by atoms with Gasteiger partial charge in [-0.3, -0.25) is 4.79 Å². The van der Waals surface area contributed by atoms with Crippen LogP contribution in [0.2, 0.25) is 0 Å². The predicted octanol–water partition coefficient (Wildman–Crippen LogP) is 2.70. The fraction of sp³-hybridized carbons (Fsp3) is 0.588. The number of hydrogen-bond donors (Lipinski definition) is 2. The minimum absolute atomic E-state index is 0.117. The molecule has 1 aromatic carbocycles. The summed E-state index contributed by atoms with van der Waals surface area (Å²) >= 11 is 0. The fourth-order valence-electron chi connectivity index (χ4n) is 3.81. The van der Waals surface area contributed by atoms with Crippen LogP contribution in [0.25, 0.3) is 0 Å². The van der Waals surface area contributed by atoms with E-state index >= 15 is 0 Å². The Morgan fingerprint density at radius 1 is 1.15 bits per heavy atom. The number of carbonyl (C=O) groups excluding carboxylic acids is 1. The maximum Gasteiger partial charge on any atom is 0.223 e. The quantitative estimate of drug-likeness (QED) is 0.889. The van der Waals surface area contributed by atoms with Crippen LogP contribution in [0.15, 0.2) is 30.3 Å². The summed E-state index contributed by atoms with van der Waals surface area (Å²) in [6.07, 6.45) is 7.27. The van der Waals surface area contributed by atoms with Crippen LogP contribution in [-0.4, -0.2) is 11.9 Å². The SMILES string of the molecule is NC1CCC(C(=O)NC2(c3ccccc3)CCCC2)C1. The van der Waals surface area contributed by atoms with E-state index in [0.29, 0.717) is 0 Å². The van der Waals surface area contributed by atoms with Crippen LogP contribution < -0.4 is 11.1 Å². The Morgan fingerprint density at radius 2 is 1.85 bits per heavy atom. The molecule has 2 fully saturated rings. The first-order chi connectivity index (χ1) is 9.70. The lowest BCUT2D eigenvalue weighted by Crippen LogP contribution is -2.46. The molecule has 2 unspecified atom stereocenters. The number of benzene rings is 1. The van der Waals surface area contributed by atoms with Gasteiger partial charge in [-0.15, -0.1) is 0 Å². The molecule has 3 nitrogen and oxygen atoms in total. The number of hydrogen-bond acceptors (Lipinski definition) is 2. The number of nitrogens with one attached hydrogen (secondary N) is 1. The molecule has 2 atom stereocenters. The van der Waals surface area contributed by atoms with Gasteiger partial charge in [-0.25, -0.2) is 0 Å². The van der Waals surface area contributed by atoms with E-state index in [-0.39, 0.29) is 23.4 Å². The van der Waals surface area contributed by atoms with Gasteiger partial charge in [0.05, 0.1) is 5.54 Å². The average Bonchev–Trinajstić information content (AvgIpc) is 3.10. The summed E-state index contributed by atoms with van der Waals surface area (Å²) in [6, 6.07) is 10.7. The first-order valence-electron chi connectivity index (χ1n) is 7.83. The Morgan fingerprint density at radius 3 is 2.45 bits per heavy atom. The van der Waals surface area contributed by atoms with Crippen LogP contribution in [-0.2, 0) is 10.3 Å². The molecule has 1 aromatic rings. The third-order valence-corrected chi connectivity index (χ3v) is 4.99. The molecule has 0 spiro atoms. The van der Waals surface area contributed by atoms with Crippen molar-refractivity contribution in [3.8, 4) is 0 Å². The molecule has 2 saturated carbocycles. The number of nitrogens with two attached hydrogens (primary N) is 1. The molecule has 3 rings (SSSR count). The molecule has 0 heterocycles. The lowest BCUT2D eigenvalue weighted by molar-refractivity contribution is -0.127. The minimum Gasteiger partial charge on any atom is -0.346 e. The van der Waals surface area contributed by atoms with Gasteiger partial charge in [0.25, 0.3) is 0 Å². The molecular formula is C17H24N2O. The molecule has 2 aliphatic rings.